The maximum Gasteiger partial charge on any atom is 0.220 e. The predicted molar refractivity (Wildman–Crippen MR) is 103 cm³/mol. The smallest absolute Gasteiger partial charge is 0.220 e. The standard InChI is InChI=1S/C20H31FN2O.ClH/c1-14(2)19(13-16-4-6-18(21)7-5-16)23-20(24)12-15(3)17-8-10-22-11-9-17;/h4-7,14-15,17,19,22H,8-13H2,1-3H3,(H,23,24);1H. The van der Waals surface area contributed by atoms with Gasteiger partial charge in [0.15, 0.2) is 0 Å². The van der Waals surface area contributed by atoms with Crippen molar-refractivity contribution in [3.63, 3.8) is 0 Å². The van der Waals surface area contributed by atoms with Crippen LogP contribution in [-0.4, -0.2) is 25.0 Å². The minimum atomic E-state index is -0.223. The first-order valence-electron chi connectivity index (χ1n) is 9.20. The summed E-state index contributed by atoms with van der Waals surface area (Å²) >= 11 is 0. The fourth-order valence-electron chi connectivity index (χ4n) is 3.47. The number of amides is 1. The third-order valence-electron chi connectivity index (χ3n) is 5.22. The predicted octanol–water partition coefficient (Wildman–Crippen LogP) is 3.96. The highest BCUT2D eigenvalue weighted by atomic mass is 35.5. The first-order valence-corrected chi connectivity index (χ1v) is 9.20. The summed E-state index contributed by atoms with van der Waals surface area (Å²) in [5.41, 5.74) is 1.06. The van der Waals surface area contributed by atoms with Crippen LogP contribution in [0.15, 0.2) is 24.3 Å². The number of halogens is 2. The van der Waals surface area contributed by atoms with E-state index in [-0.39, 0.29) is 30.2 Å². The average molecular weight is 371 g/mol. The fraction of sp³-hybridized carbons (Fsp3) is 0.650. The van der Waals surface area contributed by atoms with Crippen molar-refractivity contribution >= 4 is 18.3 Å². The summed E-state index contributed by atoms with van der Waals surface area (Å²) in [7, 11) is 0. The van der Waals surface area contributed by atoms with E-state index in [1.54, 1.807) is 12.1 Å². The second kappa shape index (κ2) is 10.8. The van der Waals surface area contributed by atoms with Gasteiger partial charge in [0.05, 0.1) is 0 Å². The van der Waals surface area contributed by atoms with E-state index in [0.29, 0.717) is 24.2 Å². The van der Waals surface area contributed by atoms with Gasteiger partial charge in [-0.1, -0.05) is 32.9 Å². The number of hydrogen-bond donors (Lipinski definition) is 2. The van der Waals surface area contributed by atoms with Crippen molar-refractivity contribution in [1.82, 2.24) is 10.6 Å². The van der Waals surface area contributed by atoms with Gasteiger partial charge in [-0.15, -0.1) is 12.4 Å². The highest BCUT2D eigenvalue weighted by Crippen LogP contribution is 2.24. The lowest BCUT2D eigenvalue weighted by Crippen LogP contribution is -2.41. The highest BCUT2D eigenvalue weighted by molar-refractivity contribution is 5.85. The summed E-state index contributed by atoms with van der Waals surface area (Å²) in [6.45, 7) is 8.56. The number of nitrogens with one attached hydrogen (secondary N) is 2. The van der Waals surface area contributed by atoms with Crippen LogP contribution in [0.4, 0.5) is 4.39 Å². The molecule has 1 fully saturated rings. The van der Waals surface area contributed by atoms with Gasteiger partial charge in [-0.2, -0.15) is 0 Å². The normalized spacial score (nSPS) is 17.6. The molecule has 1 amide bonds. The molecule has 1 aliphatic heterocycles. The zero-order valence-corrected chi connectivity index (χ0v) is 16.4. The van der Waals surface area contributed by atoms with Crippen LogP contribution in [0.2, 0.25) is 0 Å². The molecule has 3 nitrogen and oxygen atoms in total. The maximum atomic E-state index is 13.0. The van der Waals surface area contributed by atoms with Gasteiger partial charge in [0.25, 0.3) is 0 Å². The number of carbonyl (C=O) groups excluding carboxylic acids is 1. The largest absolute Gasteiger partial charge is 0.353 e. The summed E-state index contributed by atoms with van der Waals surface area (Å²) in [4.78, 5) is 12.5. The summed E-state index contributed by atoms with van der Waals surface area (Å²) in [5, 5.41) is 6.58. The Hall–Kier alpha value is -1.13. The Morgan fingerprint density at radius 1 is 1.20 bits per heavy atom. The molecule has 0 spiro atoms. The quantitative estimate of drug-likeness (QED) is 0.762. The van der Waals surface area contributed by atoms with Crippen LogP contribution >= 0.6 is 12.4 Å². The Labute approximate surface area is 157 Å². The van der Waals surface area contributed by atoms with Gasteiger partial charge in [0, 0.05) is 12.5 Å². The summed E-state index contributed by atoms with van der Waals surface area (Å²) < 4.78 is 13.0. The molecule has 2 rings (SSSR count). The molecule has 0 saturated carbocycles. The minimum absolute atomic E-state index is 0. The molecule has 0 aromatic heterocycles. The van der Waals surface area contributed by atoms with Gasteiger partial charge in [0.2, 0.25) is 5.91 Å². The van der Waals surface area contributed by atoms with Gasteiger partial charge >= 0.3 is 0 Å². The van der Waals surface area contributed by atoms with Crippen LogP contribution in [0.1, 0.15) is 45.6 Å². The van der Waals surface area contributed by atoms with Crippen LogP contribution in [0.25, 0.3) is 0 Å². The number of hydrogen-bond acceptors (Lipinski definition) is 2. The molecule has 2 unspecified atom stereocenters. The third-order valence-corrected chi connectivity index (χ3v) is 5.22. The molecule has 1 aromatic carbocycles. The monoisotopic (exact) mass is 370 g/mol. The van der Waals surface area contributed by atoms with Crippen molar-refractivity contribution in [2.24, 2.45) is 17.8 Å². The zero-order valence-electron chi connectivity index (χ0n) is 15.6. The molecule has 5 heteroatoms. The van der Waals surface area contributed by atoms with Crippen molar-refractivity contribution in [2.75, 3.05) is 13.1 Å². The van der Waals surface area contributed by atoms with Crippen LogP contribution in [0.5, 0.6) is 0 Å². The molecule has 0 radical (unpaired) electrons. The Balaban J connectivity index is 0.00000312. The molecule has 25 heavy (non-hydrogen) atoms. The lowest BCUT2D eigenvalue weighted by atomic mass is 9.84. The maximum absolute atomic E-state index is 13.0. The molecule has 2 N–H and O–H groups in total. The van der Waals surface area contributed by atoms with E-state index in [1.165, 1.54) is 12.1 Å². The van der Waals surface area contributed by atoms with Gasteiger partial charge in [-0.05, 0) is 67.8 Å². The van der Waals surface area contributed by atoms with E-state index in [4.69, 9.17) is 0 Å². The Morgan fingerprint density at radius 2 is 1.80 bits per heavy atom. The van der Waals surface area contributed by atoms with Crippen molar-refractivity contribution in [2.45, 2.75) is 52.5 Å². The van der Waals surface area contributed by atoms with Gasteiger partial charge in [0.1, 0.15) is 5.82 Å². The minimum Gasteiger partial charge on any atom is -0.353 e. The lowest BCUT2D eigenvalue weighted by Gasteiger charge is -2.29. The summed E-state index contributed by atoms with van der Waals surface area (Å²) in [6, 6.07) is 6.65. The average Bonchev–Trinajstić information content (AvgIpc) is 2.56. The Bertz CT molecular complexity index is 515. The zero-order chi connectivity index (χ0) is 17.5. The second-order valence-electron chi connectivity index (χ2n) is 7.52. The molecule has 1 aliphatic rings. The van der Waals surface area contributed by atoms with Gasteiger partial charge in [-0.3, -0.25) is 4.79 Å². The topological polar surface area (TPSA) is 41.1 Å². The summed E-state index contributed by atoms with van der Waals surface area (Å²) in [6.07, 6.45) is 3.66. The van der Waals surface area contributed by atoms with Crippen molar-refractivity contribution in [3.8, 4) is 0 Å². The molecule has 142 valence electrons. The molecular weight excluding hydrogens is 339 g/mol. The second-order valence-corrected chi connectivity index (χ2v) is 7.52. The molecule has 0 aliphatic carbocycles. The third kappa shape index (κ3) is 7.33. The summed E-state index contributed by atoms with van der Waals surface area (Å²) in [5.74, 6) is 1.33. The first-order chi connectivity index (χ1) is 11.5. The van der Waals surface area contributed by atoms with Crippen molar-refractivity contribution < 1.29 is 9.18 Å². The molecule has 2 atom stereocenters. The van der Waals surface area contributed by atoms with E-state index < -0.39 is 0 Å². The van der Waals surface area contributed by atoms with Gasteiger partial charge in [-0.25, -0.2) is 4.39 Å². The number of piperidine rings is 1. The SMILES string of the molecule is CC(C)C(Cc1ccc(F)cc1)NC(=O)CC(C)C1CCNCC1.Cl. The molecule has 0 bridgehead atoms. The number of rotatable bonds is 7. The molecule has 1 saturated heterocycles. The fourth-order valence-corrected chi connectivity index (χ4v) is 3.47. The highest BCUT2D eigenvalue weighted by Gasteiger charge is 2.24. The van der Waals surface area contributed by atoms with E-state index in [9.17, 15) is 9.18 Å². The molecule has 1 aromatic rings. The van der Waals surface area contributed by atoms with Crippen LogP contribution in [0.3, 0.4) is 0 Å². The number of carbonyl (C=O) groups is 1. The molecular formula is C20H32ClFN2O. The first kappa shape index (κ1) is 21.9. The van der Waals surface area contributed by atoms with Crippen molar-refractivity contribution in [3.05, 3.63) is 35.6 Å². The van der Waals surface area contributed by atoms with Crippen LogP contribution < -0.4 is 10.6 Å². The lowest BCUT2D eigenvalue weighted by molar-refractivity contribution is -0.123. The van der Waals surface area contributed by atoms with Crippen LogP contribution in [0, 0.1) is 23.6 Å². The van der Waals surface area contributed by atoms with Crippen molar-refractivity contribution in [1.29, 1.82) is 0 Å². The Kier molecular flexibility index (Phi) is 9.44. The van der Waals surface area contributed by atoms with E-state index in [0.717, 1.165) is 37.9 Å². The van der Waals surface area contributed by atoms with E-state index >= 15 is 0 Å². The Morgan fingerprint density at radius 3 is 2.36 bits per heavy atom. The molecule has 1 heterocycles. The van der Waals surface area contributed by atoms with E-state index in [1.807, 2.05) is 0 Å². The van der Waals surface area contributed by atoms with E-state index in [2.05, 4.69) is 31.4 Å². The van der Waals surface area contributed by atoms with Gasteiger partial charge < -0.3 is 10.6 Å². The number of benzene rings is 1. The van der Waals surface area contributed by atoms with Crippen LogP contribution in [-0.2, 0) is 11.2 Å².